The zero-order valence-electron chi connectivity index (χ0n) is 19.9. The summed E-state index contributed by atoms with van der Waals surface area (Å²) in [5.74, 6) is 0.836. The molecule has 5 heteroatoms. The van der Waals surface area contributed by atoms with E-state index in [2.05, 4.69) is 74.1 Å². The van der Waals surface area contributed by atoms with Crippen LogP contribution in [-0.4, -0.2) is 19.9 Å². The standard InChI is InChI=1S/C16H24N.C10H12O.2ClH.Ru/c1-11-7-8-13(12(2)9-11)14-15(3,4)10-16(5,6)17-14;1-8(2)11-10-7-5-4-6-9(10)3;;;/h7-9,14H,10H2,1-6H3;3-8H,1-2H3;2*1H;/q-1;;;;+3/p-2. The molecule has 0 bridgehead atoms. The molecule has 0 aliphatic carbocycles. The van der Waals surface area contributed by atoms with E-state index < -0.39 is 12.6 Å². The van der Waals surface area contributed by atoms with Crippen LogP contribution in [-0.2, 0) is 12.6 Å². The average molecular weight is 551 g/mol. The van der Waals surface area contributed by atoms with Crippen molar-refractivity contribution in [1.29, 1.82) is 0 Å². The van der Waals surface area contributed by atoms with Crippen LogP contribution >= 0.6 is 19.4 Å². The first-order valence-corrected chi connectivity index (χ1v) is 17.1. The van der Waals surface area contributed by atoms with Crippen LogP contribution in [0.15, 0.2) is 42.5 Å². The summed E-state index contributed by atoms with van der Waals surface area (Å²) < 4.78 is 10.6. The second-order valence-corrected chi connectivity index (χ2v) is 19.3. The fraction of sp³-hybridized carbons (Fsp3) is 0.500. The molecule has 31 heavy (non-hydrogen) atoms. The van der Waals surface area contributed by atoms with Crippen molar-refractivity contribution in [2.45, 2.75) is 79.5 Å². The summed E-state index contributed by atoms with van der Waals surface area (Å²) in [6.07, 6.45) is 1.11. The average Bonchev–Trinajstić information content (AvgIpc) is 2.80. The maximum absolute atomic E-state index is 7.38. The number of rotatable bonds is 5. The van der Waals surface area contributed by atoms with E-state index in [0.717, 1.165) is 17.7 Å². The van der Waals surface area contributed by atoms with Crippen molar-refractivity contribution in [2.75, 3.05) is 0 Å². The molecule has 0 amide bonds. The van der Waals surface area contributed by atoms with Gasteiger partial charge in [0.15, 0.2) is 0 Å². The minimum absolute atomic E-state index is 0.0428. The van der Waals surface area contributed by atoms with Gasteiger partial charge in [-0.15, -0.1) is 0 Å². The first kappa shape index (κ1) is 24.9. The molecule has 1 fully saturated rings. The van der Waals surface area contributed by atoms with E-state index in [0.29, 0.717) is 0 Å². The number of halogens is 2. The van der Waals surface area contributed by atoms with Crippen molar-refractivity contribution in [3.05, 3.63) is 64.7 Å². The Bertz CT molecular complexity index is 1010. The Balaban J connectivity index is 2.18. The third-order valence-corrected chi connectivity index (χ3v) is 12.1. The molecule has 1 unspecified atom stereocenters. The van der Waals surface area contributed by atoms with Gasteiger partial charge in [-0.3, -0.25) is 0 Å². The third kappa shape index (κ3) is 5.27. The summed E-state index contributed by atoms with van der Waals surface area (Å²) in [6.45, 7) is 17.7. The fourth-order valence-corrected chi connectivity index (χ4v) is 13.1. The van der Waals surface area contributed by atoms with Gasteiger partial charge in [-0.1, -0.05) is 0 Å². The van der Waals surface area contributed by atoms with Gasteiger partial charge in [0, 0.05) is 0 Å². The Morgan fingerprint density at radius 2 is 1.71 bits per heavy atom. The molecule has 1 aliphatic heterocycles. The van der Waals surface area contributed by atoms with Gasteiger partial charge in [0.05, 0.1) is 0 Å². The van der Waals surface area contributed by atoms with Crippen molar-refractivity contribution in [3.63, 3.8) is 0 Å². The molecule has 0 aromatic heterocycles. The van der Waals surface area contributed by atoms with Gasteiger partial charge >= 0.3 is 200 Å². The van der Waals surface area contributed by atoms with Crippen LogP contribution in [0.1, 0.15) is 76.3 Å². The van der Waals surface area contributed by atoms with Crippen molar-refractivity contribution >= 4 is 24.0 Å². The first-order chi connectivity index (χ1) is 14.2. The van der Waals surface area contributed by atoms with Crippen molar-refractivity contribution in [3.8, 4) is 5.75 Å². The zero-order chi connectivity index (χ0) is 23.2. The van der Waals surface area contributed by atoms with Crippen LogP contribution in [0.5, 0.6) is 5.75 Å². The van der Waals surface area contributed by atoms with Gasteiger partial charge < -0.3 is 0 Å². The van der Waals surface area contributed by atoms with Gasteiger partial charge in [-0.25, -0.2) is 0 Å². The summed E-state index contributed by atoms with van der Waals surface area (Å²) in [5.41, 5.74) is 4.80. The Morgan fingerprint density at radius 3 is 2.32 bits per heavy atom. The van der Waals surface area contributed by atoms with E-state index >= 15 is 0 Å². The molecule has 0 spiro atoms. The summed E-state index contributed by atoms with van der Waals surface area (Å²) in [5, 5.41) is 0. The molecule has 2 aromatic rings. The normalized spacial score (nSPS) is 21.3. The SMILES string of the molecule is Cc1ccc(C2[N]([Ru]([Cl])([Cl])=[CH]c3ccccc3OC(C)C)C(C)(C)CC2(C)C)c(C)c1. The first-order valence-electron chi connectivity index (χ1n) is 10.8. The Morgan fingerprint density at radius 1 is 1.06 bits per heavy atom. The van der Waals surface area contributed by atoms with Gasteiger partial charge in [-0.05, 0) is 0 Å². The van der Waals surface area contributed by atoms with Crippen LogP contribution in [0.2, 0.25) is 0 Å². The van der Waals surface area contributed by atoms with E-state index in [1.165, 1.54) is 16.7 Å². The van der Waals surface area contributed by atoms with Crippen molar-refractivity contribution in [2.24, 2.45) is 5.41 Å². The molecule has 0 saturated carbocycles. The molecular weight excluding hydrogens is 514 g/mol. The number of benzene rings is 2. The summed E-state index contributed by atoms with van der Waals surface area (Å²) >= 11 is -3.43. The zero-order valence-corrected chi connectivity index (χ0v) is 23.2. The fourth-order valence-electron chi connectivity index (χ4n) is 5.12. The van der Waals surface area contributed by atoms with Gasteiger partial charge in [0.2, 0.25) is 0 Å². The molecule has 2 aromatic carbocycles. The number of aryl methyl sites for hydroxylation is 2. The number of hydrogen-bond donors (Lipinski definition) is 0. The van der Waals surface area contributed by atoms with E-state index in [-0.39, 0.29) is 23.1 Å². The predicted molar refractivity (Wildman–Crippen MR) is 132 cm³/mol. The number of ether oxygens (including phenoxy) is 1. The van der Waals surface area contributed by atoms with Crippen LogP contribution in [0.25, 0.3) is 0 Å². The molecule has 1 aliphatic rings. The number of para-hydroxylation sites is 1. The number of hydrogen-bond acceptors (Lipinski definition) is 2. The molecule has 1 atom stereocenters. The van der Waals surface area contributed by atoms with Crippen molar-refractivity contribution < 1.29 is 17.3 Å². The quantitative estimate of drug-likeness (QED) is 0.352. The van der Waals surface area contributed by atoms with E-state index in [9.17, 15) is 0 Å². The van der Waals surface area contributed by atoms with E-state index in [4.69, 9.17) is 24.1 Å². The van der Waals surface area contributed by atoms with Gasteiger partial charge in [0.25, 0.3) is 0 Å². The van der Waals surface area contributed by atoms with Crippen LogP contribution in [0, 0.1) is 19.3 Å². The third-order valence-electron chi connectivity index (χ3n) is 5.87. The monoisotopic (exact) mass is 550 g/mol. The predicted octanol–water partition coefficient (Wildman–Crippen LogP) is 7.87. The summed E-state index contributed by atoms with van der Waals surface area (Å²) in [7, 11) is 14.8. The van der Waals surface area contributed by atoms with Crippen LogP contribution in [0.4, 0.5) is 0 Å². The molecule has 173 valence electrons. The summed E-state index contributed by atoms with van der Waals surface area (Å²) in [6, 6.07) is 14.9. The van der Waals surface area contributed by atoms with E-state index in [1.807, 2.05) is 32.0 Å². The number of nitrogens with zero attached hydrogens (tertiary/aromatic N) is 1. The minimum atomic E-state index is -3.43. The molecule has 3 rings (SSSR count). The maximum atomic E-state index is 7.38. The molecule has 2 nitrogen and oxygen atoms in total. The van der Waals surface area contributed by atoms with Crippen LogP contribution < -0.4 is 4.74 Å². The topological polar surface area (TPSA) is 12.5 Å². The Kier molecular flexibility index (Phi) is 7.15. The molecule has 0 radical (unpaired) electrons. The molecule has 1 saturated heterocycles. The van der Waals surface area contributed by atoms with Crippen molar-refractivity contribution in [1.82, 2.24) is 3.64 Å². The second-order valence-electron chi connectivity index (χ2n) is 10.3. The van der Waals surface area contributed by atoms with Gasteiger partial charge in [-0.2, -0.15) is 0 Å². The Hall–Kier alpha value is -0.727. The molecular formula is C26H36Cl2NORu. The van der Waals surface area contributed by atoms with E-state index in [1.54, 1.807) is 0 Å². The van der Waals surface area contributed by atoms with Crippen LogP contribution in [0.3, 0.4) is 0 Å². The summed E-state index contributed by atoms with van der Waals surface area (Å²) in [4.78, 5) is 0. The molecule has 0 N–H and O–H groups in total. The second kappa shape index (κ2) is 8.90. The Labute approximate surface area is 199 Å². The molecule has 1 heterocycles. The van der Waals surface area contributed by atoms with Gasteiger partial charge in [0.1, 0.15) is 0 Å².